The number of sulfonamides is 1. The van der Waals surface area contributed by atoms with Gasteiger partial charge in [0.05, 0.1) is 17.7 Å². The van der Waals surface area contributed by atoms with Crippen LogP contribution in [0.2, 0.25) is 0 Å². The van der Waals surface area contributed by atoms with Crippen molar-refractivity contribution < 1.29 is 27.1 Å². The summed E-state index contributed by atoms with van der Waals surface area (Å²) < 4.78 is 47.2. The normalized spacial score (nSPS) is 12.7. The minimum Gasteiger partial charge on any atom is -0.497 e. The van der Waals surface area contributed by atoms with E-state index in [0.717, 1.165) is 4.31 Å². The topological polar surface area (TPSA) is 96.0 Å². The highest BCUT2D eigenvalue weighted by atomic mass is 32.2. The van der Waals surface area contributed by atoms with Crippen LogP contribution in [0.15, 0.2) is 83.8 Å². The predicted octanol–water partition coefficient (Wildman–Crippen LogP) is 4.36. The molecule has 0 aromatic heterocycles. The Balaban J connectivity index is 1.99. The van der Waals surface area contributed by atoms with E-state index in [9.17, 15) is 22.4 Å². The van der Waals surface area contributed by atoms with Crippen LogP contribution >= 0.6 is 0 Å². The number of ether oxygens (including phenoxy) is 1. The van der Waals surface area contributed by atoms with Gasteiger partial charge in [0.15, 0.2) is 0 Å². The molecule has 0 aliphatic heterocycles. The van der Waals surface area contributed by atoms with Gasteiger partial charge in [-0.3, -0.25) is 13.9 Å². The van der Waals surface area contributed by atoms with E-state index in [1.54, 1.807) is 37.3 Å². The van der Waals surface area contributed by atoms with Crippen LogP contribution in [0.5, 0.6) is 5.75 Å². The molecular formula is C29H34FN3O5S. The van der Waals surface area contributed by atoms with Crippen molar-refractivity contribution in [3.63, 3.8) is 0 Å². The summed E-state index contributed by atoms with van der Waals surface area (Å²) in [6, 6.07) is 18.7. The van der Waals surface area contributed by atoms with Crippen molar-refractivity contribution in [2.45, 2.75) is 50.7 Å². The first-order valence-corrected chi connectivity index (χ1v) is 14.1. The summed E-state index contributed by atoms with van der Waals surface area (Å²) in [5, 5.41) is 2.87. The quantitative estimate of drug-likeness (QED) is 0.358. The lowest BCUT2D eigenvalue weighted by atomic mass is 10.1. The molecule has 0 spiro atoms. The maximum absolute atomic E-state index is 13.8. The lowest BCUT2D eigenvalue weighted by Gasteiger charge is -2.32. The highest BCUT2D eigenvalue weighted by molar-refractivity contribution is 7.92. The highest BCUT2D eigenvalue weighted by Gasteiger charge is 2.32. The van der Waals surface area contributed by atoms with Crippen LogP contribution in [0.1, 0.15) is 32.8 Å². The number of carbonyl (C=O) groups excluding carboxylic acids is 2. The molecule has 0 radical (unpaired) electrons. The van der Waals surface area contributed by atoms with Crippen LogP contribution in [0.3, 0.4) is 0 Å². The Hall–Kier alpha value is -3.92. The molecule has 0 bridgehead atoms. The van der Waals surface area contributed by atoms with Crippen molar-refractivity contribution in [3.8, 4) is 5.75 Å². The van der Waals surface area contributed by atoms with Gasteiger partial charge in [-0.05, 0) is 74.4 Å². The zero-order valence-electron chi connectivity index (χ0n) is 22.5. The molecule has 0 unspecified atom stereocenters. The fourth-order valence-corrected chi connectivity index (χ4v) is 5.25. The van der Waals surface area contributed by atoms with E-state index in [2.05, 4.69) is 5.32 Å². The molecule has 0 saturated heterocycles. The standard InChI is InChI=1S/C29H34FN3O5S/c1-5-21(2)31-29(35)22(3)32(19-23-11-13-24(30)14-12-23)28(34)20-33(25-9-7-6-8-10-25)39(36,37)27-17-15-26(38-4)16-18-27/h6-18,21-22H,5,19-20H2,1-4H3,(H,31,35)/t21-,22+/m1/s1. The summed E-state index contributed by atoms with van der Waals surface area (Å²) >= 11 is 0. The third-order valence-corrected chi connectivity index (χ3v) is 8.19. The molecule has 3 rings (SSSR count). The molecule has 8 nitrogen and oxygen atoms in total. The smallest absolute Gasteiger partial charge is 0.264 e. The Labute approximate surface area is 229 Å². The van der Waals surface area contributed by atoms with Crippen molar-refractivity contribution in [3.05, 3.63) is 90.2 Å². The molecule has 0 heterocycles. The predicted molar refractivity (Wildman–Crippen MR) is 148 cm³/mol. The minimum atomic E-state index is -4.17. The van der Waals surface area contributed by atoms with Gasteiger partial charge < -0.3 is 15.0 Å². The number of anilines is 1. The molecule has 0 saturated carbocycles. The largest absolute Gasteiger partial charge is 0.497 e. The zero-order chi connectivity index (χ0) is 28.6. The number of hydrogen-bond donors (Lipinski definition) is 1. The molecule has 0 aliphatic rings. The third kappa shape index (κ3) is 7.57. The number of methoxy groups -OCH3 is 1. The van der Waals surface area contributed by atoms with Crippen LogP contribution < -0.4 is 14.4 Å². The van der Waals surface area contributed by atoms with Gasteiger partial charge in [-0.1, -0.05) is 37.3 Å². The Morgan fingerprint density at radius 3 is 2.13 bits per heavy atom. The maximum Gasteiger partial charge on any atom is 0.264 e. The molecule has 208 valence electrons. The van der Waals surface area contributed by atoms with Crippen molar-refractivity contribution in [1.29, 1.82) is 0 Å². The van der Waals surface area contributed by atoms with Crippen LogP contribution in [-0.4, -0.2) is 50.9 Å². The number of benzene rings is 3. The molecule has 2 amide bonds. The zero-order valence-corrected chi connectivity index (χ0v) is 23.3. The van der Waals surface area contributed by atoms with E-state index in [-0.39, 0.29) is 23.4 Å². The number of nitrogens with zero attached hydrogens (tertiary/aromatic N) is 2. The molecule has 39 heavy (non-hydrogen) atoms. The first kappa shape index (κ1) is 29.6. The van der Waals surface area contributed by atoms with E-state index < -0.39 is 34.3 Å². The summed E-state index contributed by atoms with van der Waals surface area (Å²) in [4.78, 5) is 28.1. The summed E-state index contributed by atoms with van der Waals surface area (Å²) in [6.07, 6.45) is 0.701. The van der Waals surface area contributed by atoms with E-state index in [0.29, 0.717) is 23.4 Å². The number of amides is 2. The van der Waals surface area contributed by atoms with Crippen molar-refractivity contribution in [2.24, 2.45) is 0 Å². The summed E-state index contributed by atoms with van der Waals surface area (Å²) in [6.45, 7) is 4.80. The fourth-order valence-electron chi connectivity index (χ4n) is 3.83. The van der Waals surface area contributed by atoms with Gasteiger partial charge in [0.1, 0.15) is 24.2 Å². The van der Waals surface area contributed by atoms with Gasteiger partial charge in [-0.2, -0.15) is 0 Å². The fraction of sp³-hybridized carbons (Fsp3) is 0.310. The summed E-state index contributed by atoms with van der Waals surface area (Å²) in [5.74, 6) is -0.904. The van der Waals surface area contributed by atoms with Crippen molar-refractivity contribution >= 4 is 27.5 Å². The second-order valence-electron chi connectivity index (χ2n) is 9.16. The Bertz CT molecular complexity index is 1350. The number of carbonyl (C=O) groups is 2. The monoisotopic (exact) mass is 555 g/mol. The molecule has 0 fully saturated rings. The lowest BCUT2D eigenvalue weighted by molar-refractivity contribution is -0.139. The molecule has 10 heteroatoms. The molecule has 0 aliphatic carbocycles. The van der Waals surface area contributed by atoms with E-state index in [1.807, 2.05) is 13.8 Å². The van der Waals surface area contributed by atoms with Gasteiger partial charge in [0.25, 0.3) is 10.0 Å². The summed E-state index contributed by atoms with van der Waals surface area (Å²) in [7, 11) is -2.70. The van der Waals surface area contributed by atoms with Crippen LogP contribution in [0.25, 0.3) is 0 Å². The minimum absolute atomic E-state index is 0.0145. The van der Waals surface area contributed by atoms with Crippen molar-refractivity contribution in [2.75, 3.05) is 18.0 Å². The Kier molecular flexibility index (Phi) is 10.1. The molecule has 2 atom stereocenters. The van der Waals surface area contributed by atoms with Gasteiger partial charge in [0.2, 0.25) is 11.8 Å². The SMILES string of the molecule is CC[C@@H](C)NC(=O)[C@H](C)N(Cc1ccc(F)cc1)C(=O)CN(c1ccccc1)S(=O)(=O)c1ccc(OC)cc1. The second kappa shape index (κ2) is 13.2. The van der Waals surface area contributed by atoms with Gasteiger partial charge in [-0.15, -0.1) is 0 Å². The maximum atomic E-state index is 13.8. The van der Waals surface area contributed by atoms with E-state index >= 15 is 0 Å². The third-order valence-electron chi connectivity index (χ3n) is 6.40. The van der Waals surface area contributed by atoms with Gasteiger partial charge in [-0.25, -0.2) is 12.8 Å². The van der Waals surface area contributed by atoms with E-state index in [4.69, 9.17) is 4.74 Å². The molecule has 3 aromatic carbocycles. The Morgan fingerprint density at radius 2 is 1.56 bits per heavy atom. The molecule has 3 aromatic rings. The first-order valence-electron chi connectivity index (χ1n) is 12.6. The average molecular weight is 556 g/mol. The number of halogens is 1. The first-order chi connectivity index (χ1) is 18.6. The van der Waals surface area contributed by atoms with Gasteiger partial charge in [0, 0.05) is 12.6 Å². The number of nitrogens with one attached hydrogen (secondary N) is 1. The van der Waals surface area contributed by atoms with Crippen LogP contribution in [0.4, 0.5) is 10.1 Å². The van der Waals surface area contributed by atoms with Gasteiger partial charge >= 0.3 is 0 Å². The lowest BCUT2D eigenvalue weighted by Crippen LogP contribution is -2.52. The summed E-state index contributed by atoms with van der Waals surface area (Å²) in [5.41, 5.74) is 0.886. The van der Waals surface area contributed by atoms with Crippen LogP contribution in [0, 0.1) is 5.82 Å². The number of rotatable bonds is 12. The Morgan fingerprint density at radius 1 is 0.949 bits per heavy atom. The molecule has 1 N–H and O–H groups in total. The number of para-hydroxylation sites is 1. The number of hydrogen-bond acceptors (Lipinski definition) is 5. The van der Waals surface area contributed by atoms with Crippen molar-refractivity contribution in [1.82, 2.24) is 10.2 Å². The second-order valence-corrected chi connectivity index (χ2v) is 11.0. The average Bonchev–Trinajstić information content (AvgIpc) is 2.95. The molecular weight excluding hydrogens is 521 g/mol. The highest BCUT2D eigenvalue weighted by Crippen LogP contribution is 2.26. The van der Waals surface area contributed by atoms with Crippen LogP contribution in [-0.2, 0) is 26.2 Å². The van der Waals surface area contributed by atoms with E-state index in [1.165, 1.54) is 60.5 Å².